The SMILES string of the molecule is CCCOc1ccc(/C=N\NC(=O)CN(c2ccc(C)cc2C)S(=O)(=O)c2ccccc2)cc1. The average molecular weight is 480 g/mol. The summed E-state index contributed by atoms with van der Waals surface area (Å²) < 4.78 is 33.5. The number of benzene rings is 3. The first-order valence-corrected chi connectivity index (χ1v) is 12.4. The molecule has 0 aliphatic heterocycles. The van der Waals surface area contributed by atoms with Gasteiger partial charge in [-0.05, 0) is 73.9 Å². The Morgan fingerprint density at radius 2 is 1.74 bits per heavy atom. The predicted octanol–water partition coefficient (Wildman–Crippen LogP) is 4.44. The number of rotatable bonds is 10. The summed E-state index contributed by atoms with van der Waals surface area (Å²) in [6, 6.07) is 20.8. The van der Waals surface area contributed by atoms with E-state index in [1.54, 1.807) is 24.3 Å². The van der Waals surface area contributed by atoms with Crippen molar-refractivity contribution in [3.63, 3.8) is 0 Å². The molecule has 0 spiro atoms. The molecule has 178 valence electrons. The first kappa shape index (κ1) is 25.0. The third-order valence-electron chi connectivity index (χ3n) is 5.00. The second-order valence-electron chi connectivity index (χ2n) is 7.83. The fourth-order valence-corrected chi connectivity index (χ4v) is 4.83. The monoisotopic (exact) mass is 479 g/mol. The smallest absolute Gasteiger partial charge is 0.264 e. The second-order valence-corrected chi connectivity index (χ2v) is 9.69. The van der Waals surface area contributed by atoms with Gasteiger partial charge < -0.3 is 4.74 Å². The van der Waals surface area contributed by atoms with E-state index in [0.717, 1.165) is 33.2 Å². The summed E-state index contributed by atoms with van der Waals surface area (Å²) in [5.41, 5.74) is 5.39. The number of carbonyl (C=O) groups is 1. The molecule has 0 bridgehead atoms. The van der Waals surface area contributed by atoms with Gasteiger partial charge in [0.05, 0.1) is 23.4 Å². The number of ether oxygens (including phenoxy) is 1. The van der Waals surface area contributed by atoms with Gasteiger partial charge in [0.15, 0.2) is 0 Å². The average Bonchev–Trinajstić information content (AvgIpc) is 2.83. The van der Waals surface area contributed by atoms with Crippen LogP contribution in [0.4, 0.5) is 5.69 Å². The van der Waals surface area contributed by atoms with Crippen molar-refractivity contribution < 1.29 is 17.9 Å². The van der Waals surface area contributed by atoms with Crippen LogP contribution in [-0.2, 0) is 14.8 Å². The molecule has 3 rings (SSSR count). The molecule has 0 aliphatic carbocycles. The summed E-state index contributed by atoms with van der Waals surface area (Å²) in [6.45, 7) is 6.02. The molecule has 0 aliphatic rings. The Balaban J connectivity index is 1.77. The lowest BCUT2D eigenvalue weighted by Gasteiger charge is -2.25. The normalized spacial score (nSPS) is 11.4. The lowest BCUT2D eigenvalue weighted by atomic mass is 10.1. The van der Waals surface area contributed by atoms with Gasteiger partial charge in [0.2, 0.25) is 0 Å². The van der Waals surface area contributed by atoms with Gasteiger partial charge >= 0.3 is 0 Å². The van der Waals surface area contributed by atoms with Crippen molar-refractivity contribution in [1.82, 2.24) is 5.43 Å². The summed E-state index contributed by atoms with van der Waals surface area (Å²) >= 11 is 0. The molecule has 0 radical (unpaired) electrons. The summed E-state index contributed by atoms with van der Waals surface area (Å²) in [7, 11) is -3.97. The van der Waals surface area contributed by atoms with Gasteiger partial charge in [0, 0.05) is 0 Å². The Morgan fingerprint density at radius 3 is 2.38 bits per heavy atom. The Labute approximate surface area is 201 Å². The quantitative estimate of drug-likeness (QED) is 0.344. The van der Waals surface area contributed by atoms with Gasteiger partial charge in [-0.25, -0.2) is 13.8 Å². The van der Waals surface area contributed by atoms with Crippen molar-refractivity contribution >= 4 is 27.8 Å². The third-order valence-corrected chi connectivity index (χ3v) is 6.77. The molecule has 8 heteroatoms. The Bertz CT molecular complexity index is 1240. The molecular weight excluding hydrogens is 450 g/mol. The number of aryl methyl sites for hydroxylation is 2. The van der Waals surface area contributed by atoms with E-state index >= 15 is 0 Å². The lowest BCUT2D eigenvalue weighted by molar-refractivity contribution is -0.119. The van der Waals surface area contributed by atoms with Gasteiger partial charge in [0.25, 0.3) is 15.9 Å². The van der Waals surface area contributed by atoms with E-state index in [2.05, 4.69) is 10.5 Å². The van der Waals surface area contributed by atoms with E-state index in [0.29, 0.717) is 12.3 Å². The largest absolute Gasteiger partial charge is 0.494 e. The zero-order valence-electron chi connectivity index (χ0n) is 19.6. The number of anilines is 1. The van der Waals surface area contributed by atoms with Crippen molar-refractivity contribution in [3.05, 3.63) is 89.5 Å². The van der Waals surface area contributed by atoms with Crippen molar-refractivity contribution in [2.45, 2.75) is 32.1 Å². The van der Waals surface area contributed by atoms with Gasteiger partial charge in [-0.15, -0.1) is 0 Å². The highest BCUT2D eigenvalue weighted by Crippen LogP contribution is 2.27. The summed E-state index contributed by atoms with van der Waals surface area (Å²) in [5.74, 6) is 0.205. The molecule has 7 nitrogen and oxygen atoms in total. The zero-order valence-corrected chi connectivity index (χ0v) is 20.4. The van der Waals surface area contributed by atoms with E-state index in [9.17, 15) is 13.2 Å². The predicted molar refractivity (Wildman–Crippen MR) is 135 cm³/mol. The van der Waals surface area contributed by atoms with Crippen LogP contribution in [0.15, 0.2) is 82.8 Å². The molecule has 34 heavy (non-hydrogen) atoms. The first-order chi connectivity index (χ1) is 16.3. The Hall–Kier alpha value is -3.65. The van der Waals surface area contributed by atoms with Gasteiger partial charge in [-0.2, -0.15) is 5.10 Å². The molecule has 0 saturated heterocycles. The van der Waals surface area contributed by atoms with E-state index in [-0.39, 0.29) is 4.90 Å². The van der Waals surface area contributed by atoms with Crippen molar-refractivity contribution in [2.24, 2.45) is 5.10 Å². The maximum absolute atomic E-state index is 13.4. The fourth-order valence-electron chi connectivity index (χ4n) is 3.32. The standard InChI is InChI=1S/C26H29N3O4S/c1-4-16-33-23-13-11-22(12-14-23)18-27-28-26(30)19-29(25-15-10-20(2)17-21(25)3)34(31,32)24-8-6-5-7-9-24/h5-15,17-18H,4,16,19H2,1-3H3,(H,28,30)/b27-18-. The molecule has 0 atom stereocenters. The van der Waals surface area contributed by atoms with E-state index in [1.807, 2.05) is 57.2 Å². The maximum atomic E-state index is 13.4. The van der Waals surface area contributed by atoms with E-state index in [4.69, 9.17) is 4.74 Å². The van der Waals surface area contributed by atoms with Crippen LogP contribution in [0.5, 0.6) is 5.75 Å². The van der Waals surface area contributed by atoms with Crippen molar-refractivity contribution in [2.75, 3.05) is 17.5 Å². The minimum atomic E-state index is -3.97. The molecule has 3 aromatic rings. The first-order valence-electron chi connectivity index (χ1n) is 11.0. The number of hydrazone groups is 1. The lowest BCUT2D eigenvalue weighted by Crippen LogP contribution is -2.40. The number of nitrogens with one attached hydrogen (secondary N) is 1. The van der Waals surface area contributed by atoms with Crippen LogP contribution in [0.25, 0.3) is 0 Å². The number of amides is 1. The van der Waals surface area contributed by atoms with Crippen LogP contribution < -0.4 is 14.5 Å². The topological polar surface area (TPSA) is 88.1 Å². The highest BCUT2D eigenvalue weighted by molar-refractivity contribution is 7.92. The minimum Gasteiger partial charge on any atom is -0.494 e. The van der Waals surface area contributed by atoms with Crippen LogP contribution in [0.2, 0.25) is 0 Å². The number of hydrogen-bond donors (Lipinski definition) is 1. The molecule has 1 N–H and O–H groups in total. The molecule has 1 amide bonds. The van der Waals surface area contributed by atoms with E-state index < -0.39 is 22.5 Å². The molecular formula is C26H29N3O4S. The Kier molecular flexibility index (Phi) is 8.43. The highest BCUT2D eigenvalue weighted by Gasteiger charge is 2.28. The van der Waals surface area contributed by atoms with Crippen LogP contribution in [0.3, 0.4) is 0 Å². The molecule has 0 fully saturated rings. The Morgan fingerprint density at radius 1 is 1.03 bits per heavy atom. The maximum Gasteiger partial charge on any atom is 0.264 e. The summed E-state index contributed by atoms with van der Waals surface area (Å²) in [5, 5.41) is 3.98. The van der Waals surface area contributed by atoms with Crippen LogP contribution in [0, 0.1) is 13.8 Å². The molecule has 0 unspecified atom stereocenters. The molecule has 0 saturated carbocycles. The highest BCUT2D eigenvalue weighted by atomic mass is 32.2. The van der Waals surface area contributed by atoms with Crippen molar-refractivity contribution in [1.29, 1.82) is 0 Å². The van der Waals surface area contributed by atoms with Crippen LogP contribution in [-0.4, -0.2) is 33.7 Å². The number of nitrogens with zero attached hydrogens (tertiary/aromatic N) is 2. The van der Waals surface area contributed by atoms with Crippen LogP contribution >= 0.6 is 0 Å². The molecule has 0 heterocycles. The third kappa shape index (κ3) is 6.45. The molecule has 0 aromatic heterocycles. The van der Waals surface area contributed by atoms with Crippen molar-refractivity contribution in [3.8, 4) is 5.75 Å². The van der Waals surface area contributed by atoms with Gasteiger partial charge in [0.1, 0.15) is 12.3 Å². The molecule has 3 aromatic carbocycles. The summed E-state index contributed by atoms with van der Waals surface area (Å²) in [4.78, 5) is 12.8. The number of sulfonamides is 1. The van der Waals surface area contributed by atoms with Gasteiger partial charge in [-0.3, -0.25) is 9.10 Å². The second kappa shape index (κ2) is 11.5. The van der Waals surface area contributed by atoms with Gasteiger partial charge in [-0.1, -0.05) is 42.8 Å². The summed E-state index contributed by atoms with van der Waals surface area (Å²) in [6.07, 6.45) is 2.42. The fraction of sp³-hybridized carbons (Fsp3) is 0.231. The van der Waals surface area contributed by atoms with Crippen LogP contribution in [0.1, 0.15) is 30.0 Å². The van der Waals surface area contributed by atoms with E-state index in [1.165, 1.54) is 18.3 Å². The number of carbonyl (C=O) groups excluding carboxylic acids is 1. The zero-order chi connectivity index (χ0) is 24.6. The minimum absolute atomic E-state index is 0.108. The number of hydrogen-bond acceptors (Lipinski definition) is 5.